The van der Waals surface area contributed by atoms with Gasteiger partial charge in [-0.15, -0.1) is 0 Å². The van der Waals surface area contributed by atoms with Gasteiger partial charge in [-0.1, -0.05) is 53.2 Å². The third-order valence-electron chi connectivity index (χ3n) is 12.4. The summed E-state index contributed by atoms with van der Waals surface area (Å²) in [5, 5.41) is 0. The van der Waals surface area contributed by atoms with Crippen LogP contribution in [-0.4, -0.2) is 24.6 Å². The Balaban J connectivity index is 1.62. The number of carbonyl (C=O) groups is 3. The maximum absolute atomic E-state index is 13.3. The number of methoxy groups -OCH3 is 1. The molecule has 4 saturated carbocycles. The van der Waals surface area contributed by atoms with Gasteiger partial charge in [0.1, 0.15) is 5.78 Å². The number of esters is 1. The number of carbonyl (C=O) groups excluding carboxylic acids is 3. The van der Waals surface area contributed by atoms with E-state index in [1.54, 1.807) is 12.5 Å². The summed E-state index contributed by atoms with van der Waals surface area (Å²) in [7, 11) is 1.40. The van der Waals surface area contributed by atoms with Crippen LogP contribution in [-0.2, 0) is 19.1 Å². The minimum absolute atomic E-state index is 0.00857. The molecule has 8 atom stereocenters. The number of allylic oxidation sites excluding steroid dienone is 3. The van der Waals surface area contributed by atoms with Crippen LogP contribution in [0.5, 0.6) is 0 Å². The van der Waals surface area contributed by atoms with E-state index in [-0.39, 0.29) is 39.3 Å². The highest BCUT2D eigenvalue weighted by Crippen LogP contribution is 2.75. The van der Waals surface area contributed by atoms with E-state index in [0.717, 1.165) is 37.7 Å². The molecule has 0 amide bonds. The molecular formula is C31H44O4. The highest BCUT2D eigenvalue weighted by molar-refractivity contribution is 6.04. The van der Waals surface area contributed by atoms with Gasteiger partial charge in [-0.2, -0.15) is 0 Å². The van der Waals surface area contributed by atoms with E-state index in [1.165, 1.54) is 7.11 Å². The maximum Gasteiger partial charge on any atom is 0.333 e. The number of rotatable bonds is 1. The summed E-state index contributed by atoms with van der Waals surface area (Å²) in [4.78, 5) is 38.8. The summed E-state index contributed by atoms with van der Waals surface area (Å²) < 4.78 is 5.06. The molecule has 4 nitrogen and oxygen atoms in total. The Hall–Kier alpha value is -1.71. The summed E-state index contributed by atoms with van der Waals surface area (Å²) >= 11 is 0. The zero-order chi connectivity index (χ0) is 25.7. The van der Waals surface area contributed by atoms with Crippen molar-refractivity contribution in [3.8, 4) is 0 Å². The third-order valence-corrected chi connectivity index (χ3v) is 12.4. The van der Waals surface area contributed by atoms with Crippen LogP contribution in [0.1, 0.15) is 93.4 Å². The fraction of sp³-hybridized carbons (Fsp3) is 0.774. The molecule has 0 unspecified atom stereocenters. The van der Waals surface area contributed by atoms with Gasteiger partial charge in [0, 0.05) is 29.4 Å². The number of hydrogen-bond acceptors (Lipinski definition) is 4. The SMILES string of the molecule is COC(=O)/C(C)=C1\C(=O)C[C@@H](C)[C@H]2[C@H]1C[C@@]1(C)C3=CC[C@H]4C(C)(C)C(=O)CC[C@]4(C)[C@@H]3CC[C@]21C. The molecule has 192 valence electrons. The fourth-order valence-corrected chi connectivity index (χ4v) is 10.5. The monoisotopic (exact) mass is 480 g/mol. The molecule has 4 heteroatoms. The van der Waals surface area contributed by atoms with Gasteiger partial charge in [0.15, 0.2) is 5.78 Å². The second-order valence-corrected chi connectivity index (χ2v) is 13.9. The Morgan fingerprint density at radius 3 is 2.43 bits per heavy atom. The topological polar surface area (TPSA) is 60.4 Å². The standard InChI is InChI=1S/C31H44O4/c1-17-15-22(32)25(18(2)27(34)35-8)19-16-31(7)21-9-10-23-28(3,4)24(33)12-13-29(23,5)20(21)11-14-30(31,6)26(17)19/h9,17,19-20,23,26H,10-16H2,1-8H3/b25-18-/t17-,19+,20-,23+,26+,29-,30-,31+/m1/s1. The van der Waals surface area contributed by atoms with E-state index in [2.05, 4.69) is 47.6 Å². The molecule has 5 aliphatic carbocycles. The van der Waals surface area contributed by atoms with Crippen molar-refractivity contribution in [1.82, 2.24) is 0 Å². The normalized spacial score (nSPS) is 47.7. The first-order valence-electron chi connectivity index (χ1n) is 13.8. The summed E-state index contributed by atoms with van der Waals surface area (Å²) in [5.41, 5.74) is 2.81. The van der Waals surface area contributed by atoms with Crippen molar-refractivity contribution < 1.29 is 19.1 Å². The van der Waals surface area contributed by atoms with Crippen molar-refractivity contribution >= 4 is 17.5 Å². The number of ketones is 2. The lowest BCUT2D eigenvalue weighted by molar-refractivity contribution is -0.146. The molecular weight excluding hydrogens is 436 g/mol. The van der Waals surface area contributed by atoms with Crippen molar-refractivity contribution in [3.63, 3.8) is 0 Å². The molecule has 0 spiro atoms. The van der Waals surface area contributed by atoms with Gasteiger partial charge in [-0.3, -0.25) is 9.59 Å². The van der Waals surface area contributed by atoms with Crippen LogP contribution in [0.3, 0.4) is 0 Å². The van der Waals surface area contributed by atoms with Crippen molar-refractivity contribution in [1.29, 1.82) is 0 Å². The van der Waals surface area contributed by atoms with Gasteiger partial charge in [-0.05, 0) is 84.9 Å². The van der Waals surface area contributed by atoms with Crippen molar-refractivity contribution in [2.24, 2.45) is 51.2 Å². The molecule has 0 radical (unpaired) electrons. The molecule has 0 aliphatic heterocycles. The quantitative estimate of drug-likeness (QED) is 0.245. The number of Topliss-reactive ketones (excluding diaryl/α,β-unsaturated/α-hetero) is 2. The van der Waals surface area contributed by atoms with Gasteiger partial charge in [0.2, 0.25) is 0 Å². The van der Waals surface area contributed by atoms with E-state index < -0.39 is 0 Å². The van der Waals surface area contributed by atoms with Crippen LogP contribution < -0.4 is 0 Å². The number of fused-ring (bicyclic) bond motifs is 7. The molecule has 35 heavy (non-hydrogen) atoms. The lowest BCUT2D eigenvalue weighted by atomic mass is 9.41. The number of hydrogen-bond donors (Lipinski definition) is 0. The van der Waals surface area contributed by atoms with Crippen LogP contribution in [0.15, 0.2) is 22.8 Å². The predicted octanol–water partition coefficient (Wildman–Crippen LogP) is 6.49. The van der Waals surface area contributed by atoms with Crippen molar-refractivity contribution in [2.75, 3.05) is 7.11 Å². The van der Waals surface area contributed by atoms with Crippen LogP contribution in [0.2, 0.25) is 0 Å². The second kappa shape index (κ2) is 7.65. The molecule has 0 aromatic heterocycles. The zero-order valence-electron chi connectivity index (χ0n) is 23.0. The molecule has 0 aromatic carbocycles. The van der Waals surface area contributed by atoms with E-state index in [9.17, 15) is 14.4 Å². The van der Waals surface area contributed by atoms with Gasteiger partial charge in [0.25, 0.3) is 0 Å². The average Bonchev–Trinajstić information content (AvgIpc) is 3.03. The fourth-order valence-electron chi connectivity index (χ4n) is 10.5. The van der Waals surface area contributed by atoms with E-state index in [4.69, 9.17) is 4.74 Å². The highest BCUT2D eigenvalue weighted by atomic mass is 16.5. The Morgan fingerprint density at radius 1 is 1.09 bits per heavy atom. The smallest absolute Gasteiger partial charge is 0.333 e. The lowest BCUT2D eigenvalue weighted by Crippen LogP contribution is -2.57. The van der Waals surface area contributed by atoms with Gasteiger partial charge in [0.05, 0.1) is 7.11 Å². The molecule has 0 heterocycles. The molecule has 0 saturated heterocycles. The number of ether oxygens (including phenoxy) is 1. The molecule has 5 aliphatic rings. The Kier molecular flexibility index (Phi) is 5.45. The summed E-state index contributed by atoms with van der Waals surface area (Å²) in [5.74, 6) is 1.88. The largest absolute Gasteiger partial charge is 0.466 e. The molecule has 4 fully saturated rings. The zero-order valence-corrected chi connectivity index (χ0v) is 23.0. The van der Waals surface area contributed by atoms with Crippen molar-refractivity contribution in [3.05, 3.63) is 22.8 Å². The van der Waals surface area contributed by atoms with Crippen LogP contribution in [0, 0.1) is 51.2 Å². The van der Waals surface area contributed by atoms with E-state index >= 15 is 0 Å². The summed E-state index contributed by atoms with van der Waals surface area (Å²) in [6.45, 7) is 15.8. The van der Waals surface area contributed by atoms with Gasteiger partial charge in [-0.25, -0.2) is 4.79 Å². The highest BCUT2D eigenvalue weighted by Gasteiger charge is 2.69. The summed E-state index contributed by atoms with van der Waals surface area (Å²) in [6, 6.07) is 0. The molecule has 0 bridgehead atoms. The van der Waals surface area contributed by atoms with Crippen LogP contribution in [0.4, 0.5) is 0 Å². The predicted molar refractivity (Wildman–Crippen MR) is 136 cm³/mol. The van der Waals surface area contributed by atoms with Crippen LogP contribution >= 0.6 is 0 Å². The molecule has 5 rings (SSSR count). The lowest BCUT2D eigenvalue weighted by Gasteiger charge is -2.63. The molecule has 0 N–H and O–H groups in total. The third kappa shape index (κ3) is 3.01. The second-order valence-electron chi connectivity index (χ2n) is 13.9. The average molecular weight is 481 g/mol. The Bertz CT molecular complexity index is 1060. The summed E-state index contributed by atoms with van der Waals surface area (Å²) in [6.07, 6.45) is 8.94. The minimum atomic E-state index is -0.369. The van der Waals surface area contributed by atoms with E-state index in [1.807, 2.05) is 0 Å². The molecule has 0 aromatic rings. The Morgan fingerprint density at radius 2 is 1.77 bits per heavy atom. The Labute approximate surface area is 211 Å². The maximum atomic E-state index is 13.3. The first-order chi connectivity index (χ1) is 16.2. The van der Waals surface area contributed by atoms with E-state index in [0.29, 0.717) is 47.9 Å². The first kappa shape index (κ1) is 25.0. The van der Waals surface area contributed by atoms with Crippen LogP contribution in [0.25, 0.3) is 0 Å². The van der Waals surface area contributed by atoms with Gasteiger partial charge < -0.3 is 4.74 Å². The van der Waals surface area contributed by atoms with Gasteiger partial charge >= 0.3 is 5.97 Å². The minimum Gasteiger partial charge on any atom is -0.466 e. The first-order valence-corrected chi connectivity index (χ1v) is 13.8. The van der Waals surface area contributed by atoms with Crippen molar-refractivity contribution in [2.45, 2.75) is 93.4 Å².